The van der Waals surface area contributed by atoms with Crippen molar-refractivity contribution in [3.05, 3.63) is 0 Å². The van der Waals surface area contributed by atoms with Crippen molar-refractivity contribution in [3.63, 3.8) is 0 Å². The Morgan fingerprint density at radius 1 is 0.929 bits per heavy atom. The lowest BCUT2D eigenvalue weighted by molar-refractivity contribution is -0.107. The molecule has 0 aromatic carbocycles. The highest BCUT2D eigenvalue weighted by atomic mass is 28.3. The maximum atomic E-state index is 9.17. The van der Waals surface area contributed by atoms with E-state index in [1.807, 2.05) is 27.7 Å². The molecule has 0 saturated carbocycles. The summed E-state index contributed by atoms with van der Waals surface area (Å²) in [4.78, 5) is 9.17. The summed E-state index contributed by atoms with van der Waals surface area (Å²) in [6, 6.07) is 0. The van der Waals surface area contributed by atoms with Crippen molar-refractivity contribution in [1.29, 1.82) is 0 Å². The second-order valence-corrected chi connectivity index (χ2v) is 3.81. The zero-order chi connectivity index (χ0) is 11.2. The van der Waals surface area contributed by atoms with E-state index in [9.17, 15) is 4.79 Å². The van der Waals surface area contributed by atoms with Crippen LogP contribution in [-0.4, -0.2) is 35.6 Å². The molecular weight excluding hydrogens is 200 g/mol. The summed E-state index contributed by atoms with van der Waals surface area (Å²) in [5.41, 5.74) is 0. The first-order chi connectivity index (χ1) is 6.76. The highest BCUT2D eigenvalue weighted by molar-refractivity contribution is 6.36. The lowest BCUT2D eigenvalue weighted by atomic mass is 10.6. The van der Waals surface area contributed by atoms with Crippen LogP contribution >= 0.6 is 0 Å². The van der Waals surface area contributed by atoms with Gasteiger partial charge in [0.05, 0.1) is 0 Å². The molecule has 0 atom stereocenters. The van der Waals surface area contributed by atoms with Gasteiger partial charge >= 0.3 is 9.53 Å². The molecule has 0 aliphatic carbocycles. The molecule has 0 fully saturated rings. The summed E-state index contributed by atoms with van der Waals surface area (Å²) < 4.78 is 15.7. The molecule has 5 heteroatoms. The monoisotopic (exact) mass is 222 g/mol. The fourth-order valence-electron chi connectivity index (χ4n) is 0.553. The van der Waals surface area contributed by atoms with Crippen LogP contribution in [0.2, 0.25) is 0 Å². The van der Waals surface area contributed by atoms with Crippen molar-refractivity contribution in [2.24, 2.45) is 0 Å². The van der Waals surface area contributed by atoms with Gasteiger partial charge in [-0.2, -0.15) is 0 Å². The van der Waals surface area contributed by atoms with Gasteiger partial charge in [0, 0.05) is 26.2 Å². The van der Waals surface area contributed by atoms with Gasteiger partial charge in [0.15, 0.2) is 0 Å². The van der Waals surface area contributed by atoms with Crippen molar-refractivity contribution in [3.8, 4) is 0 Å². The minimum atomic E-state index is -1.73. The lowest BCUT2D eigenvalue weighted by Gasteiger charge is -2.12. The summed E-state index contributed by atoms with van der Waals surface area (Å²) in [7, 11) is -1.73. The number of carbonyl (C=O) groups is 1. The molecule has 0 rings (SSSR count). The second kappa shape index (κ2) is 15.2. The summed E-state index contributed by atoms with van der Waals surface area (Å²) in [5, 5.41) is 0. The van der Waals surface area contributed by atoms with Crippen LogP contribution in [0.3, 0.4) is 0 Å². The third-order valence-corrected chi connectivity index (χ3v) is 2.89. The van der Waals surface area contributed by atoms with Gasteiger partial charge in [-0.3, -0.25) is 0 Å². The molecule has 0 unspecified atom stereocenters. The minimum absolute atomic E-state index is 0.639. The highest BCUT2D eigenvalue weighted by Gasteiger charge is 2.11. The number of aldehydes is 1. The molecule has 0 saturated heterocycles. The summed E-state index contributed by atoms with van der Waals surface area (Å²) in [6.07, 6.45) is 1.51. The molecule has 0 radical (unpaired) electrons. The normalized spacial score (nSPS) is 9.50. The number of rotatable bonds is 7. The molecule has 86 valence electrons. The van der Waals surface area contributed by atoms with Crippen LogP contribution < -0.4 is 0 Å². The maximum Gasteiger partial charge on any atom is 0.484 e. The van der Waals surface area contributed by atoms with Crippen LogP contribution in [-0.2, 0) is 18.1 Å². The molecule has 14 heavy (non-hydrogen) atoms. The largest absolute Gasteiger partial charge is 0.484 e. The Morgan fingerprint density at radius 3 is 1.36 bits per heavy atom. The van der Waals surface area contributed by atoms with Crippen LogP contribution in [0.1, 0.15) is 34.1 Å². The third-order valence-electron chi connectivity index (χ3n) is 1.07. The topological polar surface area (TPSA) is 44.8 Å². The van der Waals surface area contributed by atoms with Crippen molar-refractivity contribution >= 4 is 15.8 Å². The van der Waals surface area contributed by atoms with Crippen LogP contribution in [0.4, 0.5) is 0 Å². The van der Waals surface area contributed by atoms with E-state index in [0.717, 1.165) is 6.29 Å². The van der Waals surface area contributed by atoms with E-state index in [4.69, 9.17) is 13.3 Å². The summed E-state index contributed by atoms with van der Waals surface area (Å²) >= 11 is 0. The quantitative estimate of drug-likeness (QED) is 0.482. The summed E-state index contributed by atoms with van der Waals surface area (Å²) in [6.45, 7) is 9.67. The van der Waals surface area contributed by atoms with Crippen molar-refractivity contribution < 1.29 is 18.1 Å². The van der Waals surface area contributed by atoms with Gasteiger partial charge in [0.25, 0.3) is 0 Å². The van der Waals surface area contributed by atoms with Gasteiger partial charge < -0.3 is 18.1 Å². The Labute approximate surface area is 88.5 Å². The molecule has 0 aliphatic rings. The predicted octanol–water partition coefficient (Wildman–Crippen LogP) is 1.41. The number of carbonyl (C=O) groups excluding carboxylic acids is 1. The zero-order valence-electron chi connectivity index (χ0n) is 9.62. The zero-order valence-corrected chi connectivity index (χ0v) is 10.8. The maximum absolute atomic E-state index is 9.17. The van der Waals surface area contributed by atoms with E-state index in [-0.39, 0.29) is 0 Å². The number of hydrogen-bond acceptors (Lipinski definition) is 4. The van der Waals surface area contributed by atoms with Crippen LogP contribution in [0, 0.1) is 0 Å². The van der Waals surface area contributed by atoms with Gasteiger partial charge in [0.2, 0.25) is 0 Å². The molecule has 0 N–H and O–H groups in total. The average molecular weight is 222 g/mol. The van der Waals surface area contributed by atoms with E-state index in [0.29, 0.717) is 26.2 Å². The standard InChI is InChI=1S/C6H16O3Si.C3H6O/c1-4-7-10(8-5-2)9-6-3;1-2-3-4/h10H,4-6H2,1-3H3;3H,2H2,1H3. The fourth-order valence-corrected chi connectivity index (χ4v) is 1.66. The van der Waals surface area contributed by atoms with E-state index in [2.05, 4.69) is 0 Å². The van der Waals surface area contributed by atoms with E-state index >= 15 is 0 Å². The Balaban J connectivity index is 0. The van der Waals surface area contributed by atoms with Crippen LogP contribution in [0.15, 0.2) is 0 Å². The van der Waals surface area contributed by atoms with Gasteiger partial charge in [-0.1, -0.05) is 6.92 Å². The van der Waals surface area contributed by atoms with Crippen molar-refractivity contribution in [2.75, 3.05) is 19.8 Å². The van der Waals surface area contributed by atoms with Crippen molar-refractivity contribution in [2.45, 2.75) is 34.1 Å². The smallest absolute Gasteiger partial charge is 0.376 e. The molecule has 4 nitrogen and oxygen atoms in total. The van der Waals surface area contributed by atoms with Crippen molar-refractivity contribution in [1.82, 2.24) is 0 Å². The first-order valence-electron chi connectivity index (χ1n) is 5.05. The fraction of sp³-hybridized carbons (Fsp3) is 0.889. The Morgan fingerprint density at radius 2 is 1.21 bits per heavy atom. The molecular formula is C9H22O4Si. The van der Waals surface area contributed by atoms with E-state index < -0.39 is 9.53 Å². The van der Waals surface area contributed by atoms with Crippen LogP contribution in [0.5, 0.6) is 0 Å². The molecule has 0 amide bonds. The average Bonchev–Trinajstić information content (AvgIpc) is 2.20. The number of hydrogen-bond donors (Lipinski definition) is 0. The van der Waals surface area contributed by atoms with Gasteiger partial charge in [-0.15, -0.1) is 0 Å². The van der Waals surface area contributed by atoms with Crippen LogP contribution in [0.25, 0.3) is 0 Å². The third kappa shape index (κ3) is 14.3. The predicted molar refractivity (Wildman–Crippen MR) is 58.4 cm³/mol. The highest BCUT2D eigenvalue weighted by Crippen LogP contribution is 1.90. The molecule has 0 heterocycles. The van der Waals surface area contributed by atoms with Gasteiger partial charge in [-0.25, -0.2) is 0 Å². The van der Waals surface area contributed by atoms with Gasteiger partial charge in [-0.05, 0) is 20.8 Å². The lowest BCUT2D eigenvalue weighted by Crippen LogP contribution is -2.27. The Hall–Kier alpha value is -0.233. The van der Waals surface area contributed by atoms with E-state index in [1.165, 1.54) is 0 Å². The Bertz CT molecular complexity index is 96.7. The second-order valence-electron chi connectivity index (χ2n) is 2.23. The van der Waals surface area contributed by atoms with E-state index in [1.54, 1.807) is 0 Å². The summed E-state index contributed by atoms with van der Waals surface area (Å²) in [5.74, 6) is 0. The molecule has 0 spiro atoms. The SMILES string of the molecule is CCC=O.CCO[SiH](OCC)OCC. The first kappa shape index (κ1) is 16.2. The Kier molecular flexibility index (Phi) is 17.7. The first-order valence-corrected chi connectivity index (χ1v) is 6.46. The molecule has 0 aromatic heterocycles. The molecule has 0 aromatic rings. The minimum Gasteiger partial charge on any atom is -0.376 e. The molecule has 0 bridgehead atoms. The molecule has 0 aliphatic heterocycles. The van der Waals surface area contributed by atoms with Gasteiger partial charge in [0.1, 0.15) is 6.29 Å².